The number of halogens is 1. The van der Waals surface area contributed by atoms with Gasteiger partial charge in [0, 0.05) is 12.6 Å². The highest BCUT2D eigenvalue weighted by Gasteiger charge is 2.01. The van der Waals surface area contributed by atoms with Gasteiger partial charge < -0.3 is 10.1 Å². The molecule has 4 heteroatoms. The predicted molar refractivity (Wildman–Crippen MR) is 48.6 cm³/mol. The molecule has 12 heavy (non-hydrogen) atoms. The second kappa shape index (κ2) is 4.28. The van der Waals surface area contributed by atoms with Crippen molar-refractivity contribution in [2.45, 2.75) is 6.54 Å². The van der Waals surface area contributed by atoms with E-state index in [9.17, 15) is 0 Å². The molecule has 1 rings (SSSR count). The molecule has 66 valence electrons. The van der Waals surface area contributed by atoms with Crippen LogP contribution in [0.3, 0.4) is 0 Å². The van der Waals surface area contributed by atoms with Crippen molar-refractivity contribution in [1.82, 2.24) is 10.3 Å². The van der Waals surface area contributed by atoms with Crippen LogP contribution in [-0.2, 0) is 6.54 Å². The smallest absolute Gasteiger partial charge is 0.138 e. The molecular formula is C8H11ClN2O. The maximum atomic E-state index is 5.90. The van der Waals surface area contributed by atoms with Crippen LogP contribution in [0.1, 0.15) is 5.69 Å². The summed E-state index contributed by atoms with van der Waals surface area (Å²) in [6.45, 7) is 0.669. The average Bonchev–Trinajstić information content (AvgIpc) is 2.09. The molecule has 0 radical (unpaired) electrons. The van der Waals surface area contributed by atoms with E-state index in [4.69, 9.17) is 16.3 Å². The van der Waals surface area contributed by atoms with Gasteiger partial charge in [0.25, 0.3) is 0 Å². The Hall–Kier alpha value is -0.800. The molecule has 3 nitrogen and oxygen atoms in total. The minimum atomic E-state index is 0.628. The molecule has 0 bridgehead atoms. The Bertz CT molecular complexity index is 265. The van der Waals surface area contributed by atoms with Gasteiger partial charge >= 0.3 is 0 Å². The molecule has 0 spiro atoms. The van der Waals surface area contributed by atoms with E-state index in [0.29, 0.717) is 17.3 Å². The van der Waals surface area contributed by atoms with Crippen molar-refractivity contribution in [2.24, 2.45) is 0 Å². The van der Waals surface area contributed by atoms with Crippen molar-refractivity contribution in [3.05, 3.63) is 23.0 Å². The van der Waals surface area contributed by atoms with E-state index in [2.05, 4.69) is 10.3 Å². The van der Waals surface area contributed by atoms with Crippen LogP contribution >= 0.6 is 11.6 Å². The van der Waals surface area contributed by atoms with Gasteiger partial charge in [0.1, 0.15) is 5.75 Å². The number of nitrogens with zero attached hydrogens (tertiary/aromatic N) is 1. The maximum absolute atomic E-state index is 5.90. The summed E-state index contributed by atoms with van der Waals surface area (Å²) in [7, 11) is 3.44. The Morgan fingerprint density at radius 1 is 1.67 bits per heavy atom. The van der Waals surface area contributed by atoms with Crippen LogP contribution in [-0.4, -0.2) is 19.1 Å². The first-order valence-corrected chi connectivity index (χ1v) is 3.98. The molecule has 0 amide bonds. The van der Waals surface area contributed by atoms with Crippen molar-refractivity contribution in [3.63, 3.8) is 0 Å². The fourth-order valence-electron chi connectivity index (χ4n) is 0.858. The number of nitrogens with one attached hydrogen (secondary N) is 1. The van der Waals surface area contributed by atoms with Crippen LogP contribution in [0.4, 0.5) is 0 Å². The highest BCUT2D eigenvalue weighted by molar-refractivity contribution is 6.31. The Morgan fingerprint density at radius 3 is 2.92 bits per heavy atom. The molecule has 0 atom stereocenters. The molecule has 0 unspecified atom stereocenters. The molecule has 1 heterocycles. The minimum absolute atomic E-state index is 0.628. The number of hydrogen-bond acceptors (Lipinski definition) is 3. The maximum Gasteiger partial charge on any atom is 0.138 e. The first kappa shape index (κ1) is 9.29. The van der Waals surface area contributed by atoms with Gasteiger partial charge in [0.2, 0.25) is 0 Å². The fourth-order valence-corrected chi connectivity index (χ4v) is 1.08. The summed E-state index contributed by atoms with van der Waals surface area (Å²) in [6.07, 6.45) is 1.65. The van der Waals surface area contributed by atoms with Gasteiger partial charge in [-0.2, -0.15) is 0 Å². The van der Waals surface area contributed by atoms with E-state index in [0.717, 1.165) is 5.69 Å². The van der Waals surface area contributed by atoms with E-state index in [1.54, 1.807) is 19.4 Å². The SMILES string of the molecule is CNCc1ncc(OC)cc1Cl. The summed E-state index contributed by atoms with van der Waals surface area (Å²) >= 11 is 5.90. The molecule has 0 saturated heterocycles. The van der Waals surface area contributed by atoms with Crippen molar-refractivity contribution in [3.8, 4) is 5.75 Å². The van der Waals surface area contributed by atoms with E-state index in [-0.39, 0.29) is 0 Å². The summed E-state index contributed by atoms with van der Waals surface area (Å²) in [5, 5.41) is 3.60. The third kappa shape index (κ3) is 2.09. The van der Waals surface area contributed by atoms with Gasteiger partial charge in [0.15, 0.2) is 0 Å². The predicted octanol–water partition coefficient (Wildman–Crippen LogP) is 1.46. The lowest BCUT2D eigenvalue weighted by molar-refractivity contribution is 0.412. The third-order valence-electron chi connectivity index (χ3n) is 1.47. The number of rotatable bonds is 3. The molecule has 0 fully saturated rings. The zero-order valence-electron chi connectivity index (χ0n) is 7.10. The van der Waals surface area contributed by atoms with E-state index in [1.807, 2.05) is 7.05 Å². The second-order valence-corrected chi connectivity index (χ2v) is 2.74. The lowest BCUT2D eigenvalue weighted by atomic mass is 10.3. The van der Waals surface area contributed by atoms with Crippen LogP contribution in [0, 0.1) is 0 Å². The molecule has 1 aromatic heterocycles. The van der Waals surface area contributed by atoms with Crippen molar-refractivity contribution in [2.75, 3.05) is 14.2 Å². The lowest BCUT2D eigenvalue weighted by Gasteiger charge is -2.04. The number of hydrogen-bond donors (Lipinski definition) is 1. The summed E-state index contributed by atoms with van der Waals surface area (Å²) < 4.78 is 4.96. The fraction of sp³-hybridized carbons (Fsp3) is 0.375. The van der Waals surface area contributed by atoms with Gasteiger partial charge in [-0.3, -0.25) is 4.98 Å². The minimum Gasteiger partial charge on any atom is -0.495 e. The first-order chi connectivity index (χ1) is 5.77. The summed E-state index contributed by atoms with van der Waals surface area (Å²) in [5.74, 6) is 0.680. The molecule has 0 aliphatic rings. The van der Waals surface area contributed by atoms with E-state index >= 15 is 0 Å². The summed E-state index contributed by atoms with van der Waals surface area (Å²) in [5.41, 5.74) is 0.833. The quantitative estimate of drug-likeness (QED) is 0.776. The standard InChI is InChI=1S/C8H11ClN2O/c1-10-5-8-7(9)3-6(12-2)4-11-8/h3-4,10H,5H2,1-2H3. The van der Waals surface area contributed by atoms with Crippen molar-refractivity contribution >= 4 is 11.6 Å². The second-order valence-electron chi connectivity index (χ2n) is 2.33. The molecular weight excluding hydrogens is 176 g/mol. The summed E-state index contributed by atoms with van der Waals surface area (Å²) in [6, 6.07) is 1.75. The first-order valence-electron chi connectivity index (χ1n) is 3.61. The van der Waals surface area contributed by atoms with Crippen molar-refractivity contribution < 1.29 is 4.74 Å². The van der Waals surface area contributed by atoms with Gasteiger partial charge in [-0.05, 0) is 7.05 Å². The monoisotopic (exact) mass is 186 g/mol. The average molecular weight is 187 g/mol. The highest BCUT2D eigenvalue weighted by Crippen LogP contribution is 2.19. The molecule has 1 N–H and O–H groups in total. The van der Waals surface area contributed by atoms with Crippen LogP contribution in [0.5, 0.6) is 5.75 Å². The van der Waals surface area contributed by atoms with Gasteiger partial charge in [-0.15, -0.1) is 0 Å². The number of methoxy groups -OCH3 is 1. The third-order valence-corrected chi connectivity index (χ3v) is 1.80. The molecule has 0 aliphatic heterocycles. The Morgan fingerprint density at radius 2 is 2.42 bits per heavy atom. The Kier molecular flexibility index (Phi) is 3.31. The number of ether oxygens (including phenoxy) is 1. The topological polar surface area (TPSA) is 34.2 Å². The van der Waals surface area contributed by atoms with Crippen molar-refractivity contribution in [1.29, 1.82) is 0 Å². The van der Waals surface area contributed by atoms with Gasteiger partial charge in [-0.1, -0.05) is 11.6 Å². The number of aromatic nitrogens is 1. The van der Waals surface area contributed by atoms with Gasteiger partial charge in [-0.25, -0.2) is 0 Å². The molecule has 0 saturated carbocycles. The van der Waals surface area contributed by atoms with Gasteiger partial charge in [0.05, 0.1) is 24.0 Å². The van der Waals surface area contributed by atoms with Crippen LogP contribution in [0.15, 0.2) is 12.3 Å². The van der Waals surface area contributed by atoms with Crippen LogP contribution in [0.2, 0.25) is 5.02 Å². The molecule has 0 aromatic carbocycles. The normalized spacial score (nSPS) is 9.92. The van der Waals surface area contributed by atoms with E-state index < -0.39 is 0 Å². The highest BCUT2D eigenvalue weighted by atomic mass is 35.5. The summed E-state index contributed by atoms with van der Waals surface area (Å²) in [4.78, 5) is 4.12. The number of pyridine rings is 1. The molecule has 0 aliphatic carbocycles. The largest absolute Gasteiger partial charge is 0.495 e. The van der Waals surface area contributed by atoms with Crippen LogP contribution in [0.25, 0.3) is 0 Å². The lowest BCUT2D eigenvalue weighted by Crippen LogP contribution is -2.07. The zero-order chi connectivity index (χ0) is 8.97. The Labute approximate surface area is 76.7 Å². The zero-order valence-corrected chi connectivity index (χ0v) is 7.85. The van der Waals surface area contributed by atoms with Crippen LogP contribution < -0.4 is 10.1 Å². The van der Waals surface area contributed by atoms with E-state index in [1.165, 1.54) is 0 Å². The molecule has 1 aromatic rings. The Balaban J connectivity index is 2.87.